The largest absolute Gasteiger partial charge is 0.508 e. The summed E-state index contributed by atoms with van der Waals surface area (Å²) in [4.78, 5) is 17.8. The van der Waals surface area contributed by atoms with Crippen LogP contribution in [0.15, 0.2) is 36.5 Å². The van der Waals surface area contributed by atoms with E-state index in [4.69, 9.17) is 17.3 Å². The van der Waals surface area contributed by atoms with Crippen molar-refractivity contribution in [3.63, 3.8) is 0 Å². The molecule has 0 radical (unpaired) electrons. The molecule has 0 fully saturated rings. The lowest BCUT2D eigenvalue weighted by atomic mass is 10.1. The fourth-order valence-corrected chi connectivity index (χ4v) is 2.16. The fourth-order valence-electron chi connectivity index (χ4n) is 1.99. The molecule has 0 saturated heterocycles. The van der Waals surface area contributed by atoms with E-state index in [-0.39, 0.29) is 28.5 Å². The van der Waals surface area contributed by atoms with Crippen molar-refractivity contribution in [3.8, 4) is 5.75 Å². The Kier molecular flexibility index (Phi) is 4.33. The molecule has 0 unspecified atom stereocenters. The maximum Gasteiger partial charge on any atom is 0.255 e. The van der Waals surface area contributed by atoms with Gasteiger partial charge in [0.15, 0.2) is 0 Å². The second-order valence-electron chi connectivity index (χ2n) is 4.74. The third kappa shape index (κ3) is 3.08. The van der Waals surface area contributed by atoms with E-state index in [1.165, 1.54) is 17.2 Å². The number of aromatic nitrogens is 1. The summed E-state index contributed by atoms with van der Waals surface area (Å²) in [5.41, 5.74) is 6.55. The number of benzene rings is 1. The third-order valence-electron chi connectivity index (χ3n) is 3.40. The second kappa shape index (κ2) is 6.01. The minimum absolute atomic E-state index is 0.151. The Morgan fingerprint density at radius 1 is 1.43 bits per heavy atom. The van der Waals surface area contributed by atoms with Gasteiger partial charge >= 0.3 is 0 Å². The molecular formula is C15H16ClN3O2. The summed E-state index contributed by atoms with van der Waals surface area (Å²) in [6.07, 6.45) is 1.39. The normalized spacial score (nSPS) is 12.0. The molecular weight excluding hydrogens is 290 g/mol. The first-order valence-electron chi connectivity index (χ1n) is 6.38. The number of aromatic hydroxyl groups is 1. The van der Waals surface area contributed by atoms with Gasteiger partial charge in [-0.3, -0.25) is 4.79 Å². The van der Waals surface area contributed by atoms with Gasteiger partial charge < -0.3 is 15.7 Å². The van der Waals surface area contributed by atoms with E-state index >= 15 is 0 Å². The Balaban J connectivity index is 2.26. The maximum atomic E-state index is 12.4. The number of nitrogens with two attached hydrogens (primary N) is 1. The highest BCUT2D eigenvalue weighted by Crippen LogP contribution is 2.28. The smallest absolute Gasteiger partial charge is 0.255 e. The summed E-state index contributed by atoms with van der Waals surface area (Å²) in [6, 6.07) is 8.10. The monoisotopic (exact) mass is 305 g/mol. The van der Waals surface area contributed by atoms with Crippen molar-refractivity contribution in [1.82, 2.24) is 9.88 Å². The number of nitrogen functional groups attached to an aromatic ring is 1. The molecule has 0 saturated carbocycles. The van der Waals surface area contributed by atoms with Crippen LogP contribution in [0.2, 0.25) is 5.02 Å². The first-order chi connectivity index (χ1) is 9.91. The van der Waals surface area contributed by atoms with Crippen molar-refractivity contribution >= 4 is 23.3 Å². The predicted octanol–water partition coefficient (Wildman–Crippen LogP) is 2.86. The molecule has 110 valence electrons. The number of pyridine rings is 1. The second-order valence-corrected chi connectivity index (χ2v) is 5.15. The van der Waals surface area contributed by atoms with E-state index < -0.39 is 0 Å². The predicted molar refractivity (Wildman–Crippen MR) is 82.3 cm³/mol. The molecule has 0 bridgehead atoms. The number of para-hydroxylation sites is 1. The van der Waals surface area contributed by atoms with Crippen molar-refractivity contribution in [2.24, 2.45) is 0 Å². The molecule has 6 heteroatoms. The molecule has 0 aliphatic rings. The van der Waals surface area contributed by atoms with Gasteiger partial charge in [0, 0.05) is 18.8 Å². The van der Waals surface area contributed by atoms with Gasteiger partial charge in [-0.15, -0.1) is 0 Å². The zero-order valence-electron chi connectivity index (χ0n) is 11.7. The molecule has 1 amide bonds. The summed E-state index contributed by atoms with van der Waals surface area (Å²) in [5, 5.41) is 10.1. The van der Waals surface area contributed by atoms with Crippen molar-refractivity contribution in [2.75, 3.05) is 12.8 Å². The molecule has 3 N–H and O–H groups in total. The standard InChI is InChI=1S/C15H16ClN3O2/c1-9(11-5-3-4-6-13(11)20)19(2)15(21)10-7-12(16)14(17)18-8-10/h3-9,20H,1-2H3,(H2,17,18)/t9-/m0/s1. The van der Waals surface area contributed by atoms with Crippen LogP contribution in [0.25, 0.3) is 0 Å². The fraction of sp³-hybridized carbons (Fsp3) is 0.200. The Morgan fingerprint density at radius 3 is 2.71 bits per heavy atom. The highest BCUT2D eigenvalue weighted by atomic mass is 35.5. The van der Waals surface area contributed by atoms with Crippen LogP contribution < -0.4 is 5.73 Å². The first-order valence-corrected chi connectivity index (χ1v) is 6.75. The van der Waals surface area contributed by atoms with Crippen LogP contribution in [0, 0.1) is 0 Å². The summed E-state index contributed by atoms with van der Waals surface area (Å²) in [6.45, 7) is 1.83. The van der Waals surface area contributed by atoms with Gasteiger partial charge in [-0.1, -0.05) is 29.8 Å². The number of carbonyl (C=O) groups is 1. The summed E-state index contributed by atoms with van der Waals surface area (Å²) in [5.74, 6) is 0.0860. The van der Waals surface area contributed by atoms with Crippen molar-refractivity contribution in [2.45, 2.75) is 13.0 Å². The Hall–Kier alpha value is -2.27. The first kappa shape index (κ1) is 15.1. The molecule has 1 heterocycles. The number of hydrogen-bond donors (Lipinski definition) is 2. The molecule has 0 aliphatic carbocycles. The number of hydrogen-bond acceptors (Lipinski definition) is 4. The van der Waals surface area contributed by atoms with Crippen LogP contribution >= 0.6 is 11.6 Å². The number of anilines is 1. The highest BCUT2D eigenvalue weighted by Gasteiger charge is 2.21. The number of rotatable bonds is 3. The lowest BCUT2D eigenvalue weighted by Gasteiger charge is -2.26. The minimum Gasteiger partial charge on any atom is -0.508 e. The Bertz CT molecular complexity index is 676. The quantitative estimate of drug-likeness (QED) is 0.914. The average Bonchev–Trinajstić information content (AvgIpc) is 2.48. The average molecular weight is 306 g/mol. The van der Waals surface area contributed by atoms with E-state index in [0.29, 0.717) is 11.1 Å². The summed E-state index contributed by atoms with van der Waals surface area (Å²) >= 11 is 5.89. The van der Waals surface area contributed by atoms with E-state index in [1.54, 1.807) is 25.2 Å². The Morgan fingerprint density at radius 2 is 2.10 bits per heavy atom. The summed E-state index contributed by atoms with van der Waals surface area (Å²) in [7, 11) is 1.66. The number of phenols is 1. The van der Waals surface area contributed by atoms with Crippen LogP contribution in [0.5, 0.6) is 5.75 Å². The third-order valence-corrected chi connectivity index (χ3v) is 3.71. The SMILES string of the molecule is C[C@@H](c1ccccc1O)N(C)C(=O)c1cnc(N)c(Cl)c1. The molecule has 0 spiro atoms. The molecule has 0 aliphatic heterocycles. The van der Waals surface area contributed by atoms with Gasteiger partial charge in [0.05, 0.1) is 16.6 Å². The topological polar surface area (TPSA) is 79.5 Å². The van der Waals surface area contributed by atoms with Gasteiger partial charge in [-0.2, -0.15) is 0 Å². The van der Waals surface area contributed by atoms with Crippen LogP contribution in [0.1, 0.15) is 28.9 Å². The lowest BCUT2D eigenvalue weighted by molar-refractivity contribution is 0.0741. The van der Waals surface area contributed by atoms with Crippen LogP contribution in [-0.2, 0) is 0 Å². The molecule has 21 heavy (non-hydrogen) atoms. The van der Waals surface area contributed by atoms with Gasteiger partial charge in [0.1, 0.15) is 11.6 Å². The van der Waals surface area contributed by atoms with Crippen molar-refractivity contribution in [3.05, 3.63) is 52.7 Å². The van der Waals surface area contributed by atoms with Gasteiger partial charge in [-0.25, -0.2) is 4.98 Å². The molecule has 2 rings (SSSR count). The molecule has 5 nitrogen and oxygen atoms in total. The molecule has 1 aromatic heterocycles. The Labute approximate surface area is 128 Å². The number of amides is 1. The molecule has 1 atom stereocenters. The number of nitrogens with zero attached hydrogens (tertiary/aromatic N) is 2. The zero-order valence-corrected chi connectivity index (χ0v) is 12.5. The van der Waals surface area contributed by atoms with E-state index in [9.17, 15) is 9.90 Å². The highest BCUT2D eigenvalue weighted by molar-refractivity contribution is 6.33. The van der Waals surface area contributed by atoms with E-state index in [2.05, 4.69) is 4.98 Å². The van der Waals surface area contributed by atoms with E-state index in [0.717, 1.165) is 0 Å². The van der Waals surface area contributed by atoms with Gasteiger partial charge in [0.2, 0.25) is 0 Å². The van der Waals surface area contributed by atoms with Gasteiger partial charge in [0.25, 0.3) is 5.91 Å². The van der Waals surface area contributed by atoms with Crippen molar-refractivity contribution < 1.29 is 9.90 Å². The maximum absolute atomic E-state index is 12.4. The lowest BCUT2D eigenvalue weighted by Crippen LogP contribution is -2.29. The number of carbonyl (C=O) groups excluding carboxylic acids is 1. The minimum atomic E-state index is -0.296. The van der Waals surface area contributed by atoms with Crippen LogP contribution in [0.4, 0.5) is 5.82 Å². The number of halogens is 1. The van der Waals surface area contributed by atoms with Crippen molar-refractivity contribution in [1.29, 1.82) is 0 Å². The molecule has 1 aromatic carbocycles. The van der Waals surface area contributed by atoms with Crippen LogP contribution in [0.3, 0.4) is 0 Å². The van der Waals surface area contributed by atoms with E-state index in [1.807, 2.05) is 13.0 Å². The number of phenolic OH excluding ortho intramolecular Hbond substituents is 1. The van der Waals surface area contributed by atoms with Gasteiger partial charge in [-0.05, 0) is 19.1 Å². The zero-order chi connectivity index (χ0) is 15.6. The summed E-state index contributed by atoms with van der Waals surface area (Å²) < 4.78 is 0. The molecule has 2 aromatic rings. The van der Waals surface area contributed by atoms with Crippen LogP contribution in [-0.4, -0.2) is 27.9 Å².